The molecule has 4 heteroatoms. The second kappa shape index (κ2) is 10.8. The number of halogens is 2. The lowest BCUT2D eigenvalue weighted by Gasteiger charge is -2.13. The van der Waals surface area contributed by atoms with Crippen LogP contribution in [0.15, 0.2) is 46.9 Å². The van der Waals surface area contributed by atoms with Crippen LogP contribution in [0.25, 0.3) is 0 Å². The molecule has 0 aliphatic heterocycles. The minimum atomic E-state index is 0. The molecule has 2 aromatic rings. The summed E-state index contributed by atoms with van der Waals surface area (Å²) in [6, 6.07) is 14.7. The molecular formula is C20H27BrClNO. The molecule has 2 nitrogen and oxygen atoms in total. The Labute approximate surface area is 160 Å². The zero-order valence-electron chi connectivity index (χ0n) is 14.6. The van der Waals surface area contributed by atoms with E-state index in [1.807, 2.05) is 12.1 Å². The van der Waals surface area contributed by atoms with E-state index in [9.17, 15) is 0 Å². The highest BCUT2D eigenvalue weighted by molar-refractivity contribution is 9.10. The Hall–Kier alpha value is -1.03. The molecule has 0 unspecified atom stereocenters. The highest BCUT2D eigenvalue weighted by Crippen LogP contribution is 2.24. The Morgan fingerprint density at radius 1 is 1.08 bits per heavy atom. The van der Waals surface area contributed by atoms with Gasteiger partial charge in [0.05, 0.1) is 0 Å². The lowest BCUT2D eigenvalue weighted by Crippen LogP contribution is -2.17. The molecule has 0 radical (unpaired) electrons. The van der Waals surface area contributed by atoms with Gasteiger partial charge in [-0.1, -0.05) is 59.6 Å². The van der Waals surface area contributed by atoms with Crippen LogP contribution in [0.2, 0.25) is 0 Å². The number of nitrogens with one attached hydrogen (secondary N) is 1. The predicted molar refractivity (Wildman–Crippen MR) is 108 cm³/mol. The van der Waals surface area contributed by atoms with Gasteiger partial charge in [0.15, 0.2) is 0 Å². The van der Waals surface area contributed by atoms with Crippen molar-refractivity contribution in [1.82, 2.24) is 5.32 Å². The number of aryl methyl sites for hydroxylation is 1. The van der Waals surface area contributed by atoms with Crippen molar-refractivity contribution in [2.75, 3.05) is 6.54 Å². The van der Waals surface area contributed by atoms with Crippen molar-refractivity contribution in [1.29, 1.82) is 0 Å². The van der Waals surface area contributed by atoms with E-state index in [4.69, 9.17) is 4.74 Å². The molecule has 24 heavy (non-hydrogen) atoms. The smallest absolute Gasteiger partial charge is 0.124 e. The SMILES string of the molecule is Cc1ccc(COc2ccc(Br)cc2CNCCC(C)C)cc1.Cl. The van der Waals surface area contributed by atoms with Crippen molar-refractivity contribution >= 4 is 28.3 Å². The van der Waals surface area contributed by atoms with Crippen LogP contribution in [0.1, 0.15) is 37.0 Å². The summed E-state index contributed by atoms with van der Waals surface area (Å²) in [5, 5.41) is 3.51. The molecule has 0 atom stereocenters. The van der Waals surface area contributed by atoms with Gasteiger partial charge in [0.25, 0.3) is 0 Å². The molecule has 0 bridgehead atoms. The second-order valence-corrected chi connectivity index (χ2v) is 7.30. The summed E-state index contributed by atoms with van der Waals surface area (Å²) in [7, 11) is 0. The van der Waals surface area contributed by atoms with Gasteiger partial charge < -0.3 is 10.1 Å². The van der Waals surface area contributed by atoms with Crippen molar-refractivity contribution in [2.45, 2.75) is 40.3 Å². The van der Waals surface area contributed by atoms with Crippen LogP contribution in [-0.4, -0.2) is 6.54 Å². The van der Waals surface area contributed by atoms with Gasteiger partial charge in [-0.2, -0.15) is 0 Å². The van der Waals surface area contributed by atoms with Gasteiger partial charge in [-0.05, 0) is 49.6 Å². The van der Waals surface area contributed by atoms with Crippen LogP contribution in [-0.2, 0) is 13.2 Å². The first kappa shape index (κ1) is 21.0. The zero-order valence-corrected chi connectivity index (χ0v) is 17.0. The number of benzene rings is 2. The van der Waals surface area contributed by atoms with E-state index in [-0.39, 0.29) is 12.4 Å². The largest absolute Gasteiger partial charge is 0.489 e. The first-order chi connectivity index (χ1) is 11.0. The number of ether oxygens (including phenoxy) is 1. The zero-order chi connectivity index (χ0) is 16.7. The third-order valence-corrected chi connectivity index (χ3v) is 4.24. The molecule has 1 N–H and O–H groups in total. The summed E-state index contributed by atoms with van der Waals surface area (Å²) < 4.78 is 7.12. The van der Waals surface area contributed by atoms with E-state index < -0.39 is 0 Å². The molecule has 0 aliphatic rings. The number of hydrogen-bond donors (Lipinski definition) is 1. The lowest BCUT2D eigenvalue weighted by molar-refractivity contribution is 0.302. The van der Waals surface area contributed by atoms with Gasteiger partial charge >= 0.3 is 0 Å². The first-order valence-corrected chi connectivity index (χ1v) is 9.01. The Kier molecular flexibility index (Phi) is 9.42. The summed E-state index contributed by atoms with van der Waals surface area (Å²) in [4.78, 5) is 0. The maximum absolute atomic E-state index is 6.04. The Morgan fingerprint density at radius 3 is 2.46 bits per heavy atom. The molecule has 2 rings (SSSR count). The number of hydrogen-bond acceptors (Lipinski definition) is 2. The summed E-state index contributed by atoms with van der Waals surface area (Å²) in [5.41, 5.74) is 3.65. The summed E-state index contributed by atoms with van der Waals surface area (Å²) in [6.07, 6.45) is 1.19. The molecule has 0 amide bonds. The molecule has 132 valence electrons. The van der Waals surface area contributed by atoms with Gasteiger partial charge in [0.2, 0.25) is 0 Å². The average molecular weight is 413 g/mol. The summed E-state index contributed by atoms with van der Waals surface area (Å²) in [5.74, 6) is 1.67. The maximum Gasteiger partial charge on any atom is 0.124 e. The van der Waals surface area contributed by atoms with E-state index in [0.717, 1.165) is 29.2 Å². The molecule has 0 saturated carbocycles. The maximum atomic E-state index is 6.04. The van der Waals surface area contributed by atoms with Gasteiger partial charge in [-0.15, -0.1) is 12.4 Å². The van der Waals surface area contributed by atoms with Crippen molar-refractivity contribution in [3.8, 4) is 5.75 Å². The third kappa shape index (κ3) is 7.25. The summed E-state index contributed by atoms with van der Waals surface area (Å²) >= 11 is 3.55. The van der Waals surface area contributed by atoms with Crippen molar-refractivity contribution in [3.63, 3.8) is 0 Å². The van der Waals surface area contributed by atoms with E-state index in [2.05, 4.69) is 72.3 Å². The lowest BCUT2D eigenvalue weighted by atomic mass is 10.1. The fourth-order valence-corrected chi connectivity index (χ4v) is 2.69. The van der Waals surface area contributed by atoms with E-state index in [1.165, 1.54) is 23.1 Å². The van der Waals surface area contributed by atoms with Gasteiger partial charge in [0, 0.05) is 16.6 Å². The van der Waals surface area contributed by atoms with Crippen LogP contribution in [0.5, 0.6) is 5.75 Å². The molecular weight excluding hydrogens is 386 g/mol. The highest BCUT2D eigenvalue weighted by atomic mass is 79.9. The molecule has 0 heterocycles. The molecule has 0 aliphatic carbocycles. The third-order valence-electron chi connectivity index (χ3n) is 3.75. The van der Waals surface area contributed by atoms with Crippen LogP contribution in [0.4, 0.5) is 0 Å². The molecule has 0 spiro atoms. The quantitative estimate of drug-likeness (QED) is 0.545. The molecule has 0 fully saturated rings. The fourth-order valence-electron chi connectivity index (χ4n) is 2.29. The van der Waals surface area contributed by atoms with Gasteiger partial charge in [-0.25, -0.2) is 0 Å². The van der Waals surface area contributed by atoms with Gasteiger partial charge in [0.1, 0.15) is 12.4 Å². The Bertz CT molecular complexity index is 614. The van der Waals surface area contributed by atoms with Crippen LogP contribution in [0, 0.1) is 12.8 Å². The minimum absolute atomic E-state index is 0. The highest BCUT2D eigenvalue weighted by Gasteiger charge is 2.06. The number of rotatable bonds is 8. The standard InChI is InChI=1S/C20H26BrNO.ClH/c1-15(2)10-11-22-13-18-12-19(21)8-9-20(18)23-14-17-6-4-16(3)5-7-17;/h4-9,12,15,22H,10-11,13-14H2,1-3H3;1H. The molecule has 0 aromatic heterocycles. The van der Waals surface area contributed by atoms with E-state index in [1.54, 1.807) is 0 Å². The Morgan fingerprint density at radius 2 is 1.79 bits per heavy atom. The topological polar surface area (TPSA) is 21.3 Å². The van der Waals surface area contributed by atoms with E-state index >= 15 is 0 Å². The molecule has 0 saturated heterocycles. The molecule has 2 aromatic carbocycles. The Balaban J connectivity index is 0.00000288. The average Bonchev–Trinajstić information content (AvgIpc) is 2.52. The van der Waals surface area contributed by atoms with Crippen LogP contribution < -0.4 is 10.1 Å². The van der Waals surface area contributed by atoms with Crippen molar-refractivity contribution in [3.05, 3.63) is 63.6 Å². The van der Waals surface area contributed by atoms with Crippen molar-refractivity contribution in [2.24, 2.45) is 5.92 Å². The van der Waals surface area contributed by atoms with Crippen LogP contribution >= 0.6 is 28.3 Å². The summed E-state index contributed by atoms with van der Waals surface area (Å²) in [6.45, 7) is 9.05. The first-order valence-electron chi connectivity index (χ1n) is 8.22. The van der Waals surface area contributed by atoms with Gasteiger partial charge in [-0.3, -0.25) is 0 Å². The minimum Gasteiger partial charge on any atom is -0.489 e. The fraction of sp³-hybridized carbons (Fsp3) is 0.400. The van der Waals surface area contributed by atoms with Crippen molar-refractivity contribution < 1.29 is 4.74 Å². The van der Waals surface area contributed by atoms with E-state index in [0.29, 0.717) is 6.61 Å². The normalized spacial score (nSPS) is 10.5. The van der Waals surface area contributed by atoms with Crippen LogP contribution in [0.3, 0.4) is 0 Å². The predicted octanol–water partition coefficient (Wildman–Crippen LogP) is 5.89. The monoisotopic (exact) mass is 411 g/mol. The second-order valence-electron chi connectivity index (χ2n) is 6.39.